The highest BCUT2D eigenvalue weighted by atomic mass is 32.2. The van der Waals surface area contributed by atoms with Gasteiger partial charge in [0.2, 0.25) is 0 Å². The molecule has 4 heteroatoms. The summed E-state index contributed by atoms with van der Waals surface area (Å²) in [5.74, 6) is 0.151. The topological polar surface area (TPSA) is 42.2 Å². The molecule has 1 heterocycles. The first-order chi connectivity index (χ1) is 12.2. The second kappa shape index (κ2) is 6.67. The fourth-order valence-corrected chi connectivity index (χ4v) is 3.62. The number of hydrogen-bond acceptors (Lipinski definition) is 1. The van der Waals surface area contributed by atoms with Crippen LogP contribution in [-0.2, 0) is 16.8 Å². The molecule has 0 saturated carbocycles. The highest BCUT2D eigenvalue weighted by molar-refractivity contribution is 7.78. The smallest absolute Gasteiger partial charge is 0.157 e. The average molecular weight is 347 g/mol. The van der Waals surface area contributed by atoms with Gasteiger partial charge < -0.3 is 9.12 Å². The maximum absolute atomic E-state index is 11.0. The van der Waals surface area contributed by atoms with Gasteiger partial charge in [-0.15, -0.1) is 0 Å². The van der Waals surface area contributed by atoms with Crippen molar-refractivity contribution in [1.29, 1.82) is 0 Å². The molecule has 124 valence electrons. The van der Waals surface area contributed by atoms with Crippen LogP contribution < -0.4 is 0 Å². The Balaban J connectivity index is 1.89. The van der Waals surface area contributed by atoms with E-state index >= 15 is 0 Å². The third-order valence-electron chi connectivity index (χ3n) is 4.27. The number of fused-ring (bicyclic) bond motifs is 1. The molecule has 0 amide bonds. The molecule has 0 fully saturated rings. The summed E-state index contributed by atoms with van der Waals surface area (Å²) in [5.41, 5.74) is 5.30. The van der Waals surface area contributed by atoms with E-state index in [2.05, 4.69) is 34.9 Å². The summed E-state index contributed by atoms with van der Waals surface area (Å²) >= 11 is -1.82. The Labute approximate surface area is 148 Å². The Kier molecular flexibility index (Phi) is 4.22. The minimum absolute atomic E-state index is 0.151. The molecule has 0 spiro atoms. The van der Waals surface area contributed by atoms with Gasteiger partial charge in [0.05, 0.1) is 17.0 Å². The van der Waals surface area contributed by atoms with Gasteiger partial charge >= 0.3 is 0 Å². The van der Waals surface area contributed by atoms with Crippen LogP contribution in [0, 0.1) is 0 Å². The van der Waals surface area contributed by atoms with E-state index in [1.807, 2.05) is 54.6 Å². The van der Waals surface area contributed by atoms with Crippen molar-refractivity contribution in [3.63, 3.8) is 0 Å². The maximum Gasteiger partial charge on any atom is 0.157 e. The zero-order chi connectivity index (χ0) is 17.2. The van der Waals surface area contributed by atoms with Crippen molar-refractivity contribution in [2.24, 2.45) is 0 Å². The third-order valence-corrected chi connectivity index (χ3v) is 4.85. The second-order valence-corrected chi connectivity index (χ2v) is 6.85. The van der Waals surface area contributed by atoms with Gasteiger partial charge in [0, 0.05) is 11.1 Å². The minimum atomic E-state index is -1.82. The lowest BCUT2D eigenvalue weighted by atomic mass is 10.1. The molecular formula is C21H17NO2S. The fraction of sp³-hybridized carbons (Fsp3) is 0.0476. The Bertz CT molecular complexity index is 1040. The Hall–Kier alpha value is -2.69. The predicted molar refractivity (Wildman–Crippen MR) is 103 cm³/mol. The number of aromatic nitrogens is 1. The third kappa shape index (κ3) is 3.14. The number of nitrogens with zero attached hydrogens (tertiary/aromatic N) is 1. The second-order valence-electron chi connectivity index (χ2n) is 5.92. The number of benzene rings is 3. The van der Waals surface area contributed by atoms with Crippen LogP contribution in [0.2, 0.25) is 0 Å². The van der Waals surface area contributed by atoms with E-state index in [9.17, 15) is 4.21 Å². The lowest BCUT2D eigenvalue weighted by molar-refractivity contribution is 0.563. The van der Waals surface area contributed by atoms with E-state index in [0.717, 1.165) is 28.0 Å². The van der Waals surface area contributed by atoms with Crippen LogP contribution in [0.15, 0.2) is 84.9 Å². The maximum atomic E-state index is 11.0. The Morgan fingerprint density at radius 2 is 1.52 bits per heavy atom. The quantitative estimate of drug-likeness (QED) is 0.527. The molecule has 1 N–H and O–H groups in total. The molecule has 4 aromatic rings. The van der Waals surface area contributed by atoms with Gasteiger partial charge in [0.1, 0.15) is 0 Å². The van der Waals surface area contributed by atoms with Gasteiger partial charge in [-0.2, -0.15) is 0 Å². The van der Waals surface area contributed by atoms with E-state index in [1.165, 1.54) is 5.39 Å². The van der Waals surface area contributed by atoms with Crippen molar-refractivity contribution < 1.29 is 8.76 Å². The standard InChI is InChI=1S/C21H17NO2S/c23-25(24)15-16-10-12-19(13-11-16)22-20-9-5-4-8-18(20)14-21(22)17-6-2-1-3-7-17/h1-14H,15H2,(H,23,24). The molecule has 1 aromatic heterocycles. The largest absolute Gasteiger partial charge is 0.309 e. The zero-order valence-corrected chi connectivity index (χ0v) is 14.3. The summed E-state index contributed by atoms with van der Waals surface area (Å²) in [7, 11) is 0. The summed E-state index contributed by atoms with van der Waals surface area (Å²) in [4.78, 5) is 0. The van der Waals surface area contributed by atoms with Crippen LogP contribution in [0.3, 0.4) is 0 Å². The highest BCUT2D eigenvalue weighted by Crippen LogP contribution is 2.31. The van der Waals surface area contributed by atoms with Crippen LogP contribution >= 0.6 is 0 Å². The minimum Gasteiger partial charge on any atom is -0.309 e. The van der Waals surface area contributed by atoms with Crippen molar-refractivity contribution in [2.75, 3.05) is 0 Å². The van der Waals surface area contributed by atoms with Gasteiger partial charge in [0.15, 0.2) is 11.1 Å². The summed E-state index contributed by atoms with van der Waals surface area (Å²) in [6.07, 6.45) is 0. The molecule has 0 aliphatic heterocycles. The monoisotopic (exact) mass is 347 g/mol. The van der Waals surface area contributed by atoms with Crippen molar-refractivity contribution in [2.45, 2.75) is 5.75 Å². The Morgan fingerprint density at radius 3 is 2.24 bits per heavy atom. The van der Waals surface area contributed by atoms with E-state index in [4.69, 9.17) is 4.55 Å². The summed E-state index contributed by atoms with van der Waals surface area (Å²) in [6.45, 7) is 0. The molecule has 0 aliphatic carbocycles. The molecule has 0 radical (unpaired) electrons. The van der Waals surface area contributed by atoms with Gasteiger partial charge in [-0.1, -0.05) is 60.7 Å². The molecule has 25 heavy (non-hydrogen) atoms. The molecule has 3 nitrogen and oxygen atoms in total. The number of hydrogen-bond donors (Lipinski definition) is 1. The lowest BCUT2D eigenvalue weighted by Crippen LogP contribution is -1.98. The molecule has 3 aromatic carbocycles. The normalized spacial score (nSPS) is 12.4. The summed E-state index contributed by atoms with van der Waals surface area (Å²) in [5, 5.41) is 1.18. The van der Waals surface area contributed by atoms with Gasteiger partial charge in [-0.25, -0.2) is 4.21 Å². The van der Waals surface area contributed by atoms with Crippen LogP contribution in [-0.4, -0.2) is 13.3 Å². The van der Waals surface area contributed by atoms with Gasteiger partial charge in [0.25, 0.3) is 0 Å². The summed E-state index contributed by atoms with van der Waals surface area (Å²) < 4.78 is 22.3. The Morgan fingerprint density at radius 1 is 0.840 bits per heavy atom. The van der Waals surface area contributed by atoms with Gasteiger partial charge in [-0.3, -0.25) is 0 Å². The fourth-order valence-electron chi connectivity index (χ4n) is 3.14. The van der Waals surface area contributed by atoms with Crippen LogP contribution in [0.4, 0.5) is 0 Å². The van der Waals surface area contributed by atoms with Crippen molar-refractivity contribution >= 4 is 22.0 Å². The van der Waals surface area contributed by atoms with Crippen LogP contribution in [0.5, 0.6) is 0 Å². The van der Waals surface area contributed by atoms with E-state index in [1.54, 1.807) is 0 Å². The van der Waals surface area contributed by atoms with Crippen LogP contribution in [0.25, 0.3) is 27.8 Å². The first-order valence-corrected chi connectivity index (χ1v) is 9.32. The molecule has 1 atom stereocenters. The average Bonchev–Trinajstić information content (AvgIpc) is 3.02. The van der Waals surface area contributed by atoms with E-state index in [-0.39, 0.29) is 5.75 Å². The molecular weight excluding hydrogens is 330 g/mol. The first kappa shape index (κ1) is 15.8. The molecule has 0 aliphatic rings. The molecule has 0 saturated heterocycles. The van der Waals surface area contributed by atoms with E-state index < -0.39 is 11.1 Å². The predicted octanol–water partition coefficient (Wildman–Crippen LogP) is 5.02. The first-order valence-electron chi connectivity index (χ1n) is 8.05. The molecule has 1 unspecified atom stereocenters. The van der Waals surface area contributed by atoms with E-state index in [0.29, 0.717) is 0 Å². The molecule has 4 rings (SSSR count). The summed E-state index contributed by atoms with van der Waals surface area (Å²) in [6, 6.07) is 28.6. The van der Waals surface area contributed by atoms with Crippen LogP contribution in [0.1, 0.15) is 5.56 Å². The number of para-hydroxylation sites is 1. The highest BCUT2D eigenvalue weighted by Gasteiger charge is 2.12. The van der Waals surface area contributed by atoms with Crippen molar-refractivity contribution in [3.8, 4) is 16.9 Å². The van der Waals surface area contributed by atoms with Crippen molar-refractivity contribution in [3.05, 3.63) is 90.5 Å². The SMILES string of the molecule is O=S(O)Cc1ccc(-n2c(-c3ccccc3)cc3ccccc32)cc1. The molecule has 0 bridgehead atoms. The van der Waals surface area contributed by atoms with Crippen molar-refractivity contribution in [1.82, 2.24) is 4.57 Å². The zero-order valence-electron chi connectivity index (χ0n) is 13.5. The van der Waals surface area contributed by atoms with Gasteiger partial charge in [-0.05, 0) is 35.4 Å². The number of rotatable bonds is 4. The lowest BCUT2D eigenvalue weighted by Gasteiger charge is -2.12.